The highest BCUT2D eigenvalue weighted by atomic mass is 79.9. The molecule has 1 aromatic carbocycles. The van der Waals surface area contributed by atoms with Gasteiger partial charge in [-0.15, -0.1) is 0 Å². The summed E-state index contributed by atoms with van der Waals surface area (Å²) in [6, 6.07) is 6.73. The Balaban J connectivity index is 1.73. The first-order chi connectivity index (χ1) is 14.3. The van der Waals surface area contributed by atoms with E-state index >= 15 is 0 Å². The molecule has 2 aromatic rings. The van der Waals surface area contributed by atoms with Gasteiger partial charge in [0, 0.05) is 34.1 Å². The van der Waals surface area contributed by atoms with Crippen molar-refractivity contribution in [3.8, 4) is 0 Å². The third-order valence-electron chi connectivity index (χ3n) is 6.42. The van der Waals surface area contributed by atoms with E-state index in [1.54, 1.807) is 4.31 Å². The number of benzene rings is 1. The van der Waals surface area contributed by atoms with Crippen LogP contribution in [0.5, 0.6) is 0 Å². The van der Waals surface area contributed by atoms with Gasteiger partial charge in [0.05, 0.1) is 11.4 Å². The van der Waals surface area contributed by atoms with Crippen LogP contribution in [0.1, 0.15) is 60.1 Å². The maximum absolute atomic E-state index is 12.6. The zero-order valence-electron chi connectivity index (χ0n) is 17.5. The molecule has 1 aromatic heterocycles. The normalized spacial score (nSPS) is 20.5. The molecule has 1 fully saturated rings. The minimum atomic E-state index is -3.13. The molecular weight excluding hydrogens is 528 g/mol. The van der Waals surface area contributed by atoms with Crippen LogP contribution < -0.4 is 0 Å². The summed E-state index contributed by atoms with van der Waals surface area (Å²) in [6.07, 6.45) is 6.28. The summed E-state index contributed by atoms with van der Waals surface area (Å²) in [4.78, 5) is 4.90. The summed E-state index contributed by atoms with van der Waals surface area (Å²) in [5.41, 5.74) is 6.47. The molecule has 0 bridgehead atoms. The Bertz CT molecular complexity index is 1050. The number of rotatable bonds is 4. The number of piperidine rings is 1. The van der Waals surface area contributed by atoms with Gasteiger partial charge in [0.25, 0.3) is 0 Å². The fourth-order valence-electron chi connectivity index (χ4n) is 5.09. The zero-order chi connectivity index (χ0) is 21.5. The van der Waals surface area contributed by atoms with Crippen molar-refractivity contribution < 1.29 is 8.42 Å². The second-order valence-electron chi connectivity index (χ2n) is 8.55. The molecule has 2 heterocycles. The third kappa shape index (κ3) is 4.41. The van der Waals surface area contributed by atoms with Crippen LogP contribution in [0.4, 0.5) is 0 Å². The Kier molecular flexibility index (Phi) is 6.73. The quantitative estimate of drug-likeness (QED) is 0.493. The fraction of sp³-hybridized carbons (Fsp3) is 0.522. The number of fused-ring (bicyclic) bond motifs is 2. The lowest BCUT2D eigenvalue weighted by Crippen LogP contribution is -2.41. The van der Waals surface area contributed by atoms with Gasteiger partial charge in [-0.25, -0.2) is 12.7 Å². The Morgan fingerprint density at radius 1 is 1.10 bits per heavy atom. The Labute approximate surface area is 196 Å². The fourth-order valence-corrected chi connectivity index (χ4v) is 7.87. The first-order valence-corrected chi connectivity index (χ1v) is 13.9. The molecular formula is C23H28Br2N2O2S. The van der Waals surface area contributed by atoms with E-state index in [9.17, 15) is 8.42 Å². The highest BCUT2D eigenvalue weighted by molar-refractivity contribution is 9.10. The largest absolute Gasteiger partial charge is 0.259 e. The first kappa shape index (κ1) is 22.4. The Morgan fingerprint density at radius 2 is 1.80 bits per heavy atom. The minimum Gasteiger partial charge on any atom is -0.259 e. The molecule has 7 heteroatoms. The van der Waals surface area contributed by atoms with E-state index in [1.165, 1.54) is 22.3 Å². The summed E-state index contributed by atoms with van der Waals surface area (Å²) in [5, 5.41) is 0. The van der Waals surface area contributed by atoms with Crippen molar-refractivity contribution in [2.24, 2.45) is 5.92 Å². The van der Waals surface area contributed by atoms with E-state index in [0.29, 0.717) is 25.4 Å². The van der Waals surface area contributed by atoms with E-state index in [-0.39, 0.29) is 11.7 Å². The summed E-state index contributed by atoms with van der Waals surface area (Å²) < 4.78 is 29.0. The van der Waals surface area contributed by atoms with Crippen molar-refractivity contribution in [3.63, 3.8) is 0 Å². The second kappa shape index (κ2) is 9.00. The van der Waals surface area contributed by atoms with Crippen LogP contribution in [-0.2, 0) is 22.9 Å². The van der Waals surface area contributed by atoms with E-state index in [1.807, 2.05) is 13.1 Å². The molecule has 1 atom stereocenters. The molecule has 0 N–H and O–H groups in total. The van der Waals surface area contributed by atoms with Gasteiger partial charge in [0.2, 0.25) is 10.0 Å². The number of aromatic nitrogens is 1. The predicted molar refractivity (Wildman–Crippen MR) is 128 cm³/mol. The third-order valence-corrected chi connectivity index (χ3v) is 9.59. The van der Waals surface area contributed by atoms with Crippen LogP contribution >= 0.6 is 31.9 Å². The molecule has 0 radical (unpaired) electrons. The number of hydrogen-bond acceptors (Lipinski definition) is 3. The zero-order valence-corrected chi connectivity index (χ0v) is 21.5. The average Bonchev–Trinajstić information content (AvgIpc) is 2.85. The van der Waals surface area contributed by atoms with Gasteiger partial charge in [-0.05, 0) is 95.3 Å². The van der Waals surface area contributed by atoms with Crippen molar-refractivity contribution >= 4 is 41.9 Å². The summed E-state index contributed by atoms with van der Waals surface area (Å²) in [7, 11) is -3.13. The molecule has 1 unspecified atom stereocenters. The van der Waals surface area contributed by atoms with Crippen LogP contribution in [0.15, 0.2) is 33.3 Å². The molecule has 1 aliphatic carbocycles. The van der Waals surface area contributed by atoms with Gasteiger partial charge in [-0.3, -0.25) is 4.98 Å². The van der Waals surface area contributed by atoms with Crippen LogP contribution in [-0.4, -0.2) is 36.5 Å². The molecule has 2 aliphatic rings. The van der Waals surface area contributed by atoms with Crippen LogP contribution in [0.25, 0.3) is 0 Å². The molecule has 30 heavy (non-hydrogen) atoms. The van der Waals surface area contributed by atoms with Crippen molar-refractivity contribution in [3.05, 3.63) is 61.3 Å². The monoisotopic (exact) mass is 554 g/mol. The van der Waals surface area contributed by atoms with Gasteiger partial charge < -0.3 is 0 Å². The summed E-state index contributed by atoms with van der Waals surface area (Å²) >= 11 is 7.45. The lowest BCUT2D eigenvalue weighted by atomic mass is 9.76. The molecule has 0 saturated carbocycles. The van der Waals surface area contributed by atoms with Crippen molar-refractivity contribution in [2.45, 2.75) is 51.9 Å². The Morgan fingerprint density at radius 3 is 2.50 bits per heavy atom. The number of halogens is 2. The van der Waals surface area contributed by atoms with Crippen molar-refractivity contribution in [1.29, 1.82) is 0 Å². The van der Waals surface area contributed by atoms with E-state index in [0.717, 1.165) is 40.3 Å². The maximum atomic E-state index is 12.6. The first-order valence-electron chi connectivity index (χ1n) is 10.7. The molecule has 0 amide bonds. The van der Waals surface area contributed by atoms with E-state index in [2.05, 4.69) is 57.0 Å². The highest BCUT2D eigenvalue weighted by Crippen LogP contribution is 2.45. The average molecular weight is 556 g/mol. The summed E-state index contributed by atoms with van der Waals surface area (Å²) in [6.45, 7) is 5.28. The molecule has 1 aliphatic heterocycles. The number of aryl methyl sites for hydroxylation is 3. The molecule has 162 valence electrons. The van der Waals surface area contributed by atoms with Crippen LogP contribution in [0.2, 0.25) is 0 Å². The number of pyridine rings is 1. The lowest BCUT2D eigenvalue weighted by molar-refractivity contribution is 0.254. The van der Waals surface area contributed by atoms with Gasteiger partial charge in [-0.2, -0.15) is 0 Å². The highest BCUT2D eigenvalue weighted by Gasteiger charge is 2.37. The number of nitrogens with zero attached hydrogens (tertiary/aromatic N) is 2. The van der Waals surface area contributed by atoms with Gasteiger partial charge in [-0.1, -0.05) is 28.9 Å². The standard InChI is InChI=1S/C23H28Br2N2O2S/c1-3-10-30(28,29)27-8-6-16(7-9-27)22-21-17(11-15(2)12-20(21)25)4-5-18-13-19(24)14-26-23(18)22/h11-14,16,22H,3-10H2,1-2H3. The van der Waals surface area contributed by atoms with E-state index in [4.69, 9.17) is 4.98 Å². The molecule has 4 rings (SSSR count). The SMILES string of the molecule is CCCS(=O)(=O)N1CCC(C2c3ncc(Br)cc3CCc3cc(C)cc(Br)c32)CC1. The van der Waals surface area contributed by atoms with Crippen molar-refractivity contribution in [2.75, 3.05) is 18.8 Å². The van der Waals surface area contributed by atoms with Gasteiger partial charge in [0.15, 0.2) is 0 Å². The number of hydrogen-bond donors (Lipinski definition) is 0. The van der Waals surface area contributed by atoms with Gasteiger partial charge >= 0.3 is 0 Å². The smallest absolute Gasteiger partial charge is 0.214 e. The predicted octanol–water partition coefficient (Wildman–Crippen LogP) is 5.60. The summed E-state index contributed by atoms with van der Waals surface area (Å²) in [5.74, 6) is 0.811. The number of sulfonamides is 1. The maximum Gasteiger partial charge on any atom is 0.214 e. The molecule has 0 spiro atoms. The molecule has 4 nitrogen and oxygen atoms in total. The van der Waals surface area contributed by atoms with Gasteiger partial charge in [0.1, 0.15) is 0 Å². The second-order valence-corrected chi connectivity index (χ2v) is 12.4. The van der Waals surface area contributed by atoms with Crippen LogP contribution in [0.3, 0.4) is 0 Å². The molecule has 1 saturated heterocycles. The Hall–Kier alpha value is -0.760. The lowest BCUT2D eigenvalue weighted by Gasteiger charge is -2.36. The minimum absolute atomic E-state index is 0.191. The topological polar surface area (TPSA) is 50.3 Å². The van der Waals surface area contributed by atoms with Crippen molar-refractivity contribution in [1.82, 2.24) is 9.29 Å². The van der Waals surface area contributed by atoms with E-state index < -0.39 is 10.0 Å². The van der Waals surface area contributed by atoms with Crippen LogP contribution in [0, 0.1) is 12.8 Å².